The number of alkyl halides is 2. The molecule has 2 rings (SSSR count). The summed E-state index contributed by atoms with van der Waals surface area (Å²) >= 11 is 6.01. The highest BCUT2D eigenvalue weighted by molar-refractivity contribution is 6.33. The van der Waals surface area contributed by atoms with Gasteiger partial charge >= 0.3 is 0 Å². The Balaban J connectivity index is 2.00. The highest BCUT2D eigenvalue weighted by atomic mass is 35.5. The van der Waals surface area contributed by atoms with Gasteiger partial charge in [-0.1, -0.05) is 23.7 Å². The Kier molecular flexibility index (Phi) is 5.70. The van der Waals surface area contributed by atoms with Gasteiger partial charge in [0.2, 0.25) is 5.91 Å². The molecule has 0 aliphatic rings. The maximum absolute atomic E-state index is 12.1. The first-order valence-corrected chi connectivity index (χ1v) is 7.02. The second kappa shape index (κ2) is 7.73. The third-order valence-corrected chi connectivity index (χ3v) is 3.15. The molecule has 2 aromatic rings. The lowest BCUT2D eigenvalue weighted by molar-refractivity contribution is 0.0818. The number of pyridine rings is 1. The highest BCUT2D eigenvalue weighted by Crippen LogP contribution is 2.21. The lowest BCUT2D eigenvalue weighted by Crippen LogP contribution is -2.12. The fourth-order valence-electron chi connectivity index (χ4n) is 1.79. The van der Waals surface area contributed by atoms with Crippen molar-refractivity contribution in [3.8, 4) is 5.75 Å². The number of amides is 1. The minimum absolute atomic E-state index is 0.211. The molecule has 1 aromatic carbocycles. The summed E-state index contributed by atoms with van der Waals surface area (Å²) in [6.07, 6.45) is -1.21. The van der Waals surface area contributed by atoms with Gasteiger partial charge in [0.25, 0.3) is 6.43 Å². The quantitative estimate of drug-likeness (QED) is 0.811. The largest absolute Gasteiger partial charge is 0.488 e. The lowest BCUT2D eigenvalue weighted by Gasteiger charge is -2.10. The van der Waals surface area contributed by atoms with Crippen molar-refractivity contribution in [3.05, 3.63) is 52.7 Å². The van der Waals surface area contributed by atoms with Crippen LogP contribution in [0.2, 0.25) is 5.02 Å². The molecule has 0 saturated heterocycles. The molecule has 0 atom stereocenters. The molecule has 8 heteroatoms. The van der Waals surface area contributed by atoms with Gasteiger partial charge in [0.05, 0.1) is 10.6 Å². The van der Waals surface area contributed by atoms with Crippen molar-refractivity contribution in [2.75, 3.05) is 11.9 Å². The van der Waals surface area contributed by atoms with Gasteiger partial charge in [-0.3, -0.25) is 4.79 Å². The van der Waals surface area contributed by atoms with Gasteiger partial charge in [-0.2, -0.15) is 0 Å². The minimum atomic E-state index is -2.52. The number of hydrogen-bond donors (Lipinski definition) is 2. The van der Waals surface area contributed by atoms with Crippen LogP contribution in [0.3, 0.4) is 0 Å². The van der Waals surface area contributed by atoms with Gasteiger partial charge in [-0.05, 0) is 23.8 Å². The smallest absolute Gasteiger partial charge is 0.272 e. The summed E-state index contributed by atoms with van der Waals surface area (Å²) in [5.74, 6) is 0.123. The monoisotopic (exact) mass is 341 g/mol. The summed E-state index contributed by atoms with van der Waals surface area (Å²) in [7, 11) is 0. The number of ether oxygens (including phenoxy) is 1. The van der Waals surface area contributed by atoms with E-state index in [-0.39, 0.29) is 10.6 Å². The number of halogens is 3. The predicted molar refractivity (Wildman–Crippen MR) is 83.0 cm³/mol. The normalized spacial score (nSPS) is 10.6. The minimum Gasteiger partial charge on any atom is -0.488 e. The summed E-state index contributed by atoms with van der Waals surface area (Å²) in [6.45, 7) is -0.298. The first-order chi connectivity index (χ1) is 11.0. The average molecular weight is 342 g/mol. The number of rotatable bonds is 7. The van der Waals surface area contributed by atoms with Crippen molar-refractivity contribution in [2.45, 2.75) is 13.0 Å². The van der Waals surface area contributed by atoms with Gasteiger partial charge in [0.15, 0.2) is 0 Å². The van der Waals surface area contributed by atoms with Gasteiger partial charge in [0, 0.05) is 12.7 Å². The van der Waals surface area contributed by atoms with E-state index in [0.29, 0.717) is 18.1 Å². The molecule has 1 amide bonds. The van der Waals surface area contributed by atoms with E-state index in [1.54, 1.807) is 24.3 Å². The van der Waals surface area contributed by atoms with E-state index < -0.39 is 18.9 Å². The second-order valence-corrected chi connectivity index (χ2v) is 5.03. The van der Waals surface area contributed by atoms with E-state index in [0.717, 1.165) is 5.56 Å². The Bertz CT molecular complexity index is 698. The van der Waals surface area contributed by atoms with Crippen LogP contribution < -0.4 is 15.8 Å². The molecule has 5 nitrogen and oxygen atoms in total. The molecule has 0 fully saturated rings. The summed E-state index contributed by atoms with van der Waals surface area (Å²) in [5.41, 5.74) is 6.15. The number of anilines is 1. The highest BCUT2D eigenvalue weighted by Gasteiger charge is 2.08. The number of benzene rings is 1. The standard InChI is InChI=1S/C15H14ClF2N3O2/c16-12-5-10(14(19)22)7-21-15(12)20-6-9-2-1-3-11(4-9)23-8-13(17)18/h1-5,7,13H,6,8H2,(H2,19,22)(H,20,21). The molecule has 23 heavy (non-hydrogen) atoms. The maximum atomic E-state index is 12.1. The number of nitrogens with zero attached hydrogens (tertiary/aromatic N) is 1. The number of primary amides is 1. The van der Waals surface area contributed by atoms with Crippen molar-refractivity contribution in [1.29, 1.82) is 0 Å². The fourth-order valence-corrected chi connectivity index (χ4v) is 2.03. The van der Waals surface area contributed by atoms with Crippen molar-refractivity contribution < 1.29 is 18.3 Å². The Hall–Kier alpha value is -2.41. The van der Waals surface area contributed by atoms with Crippen molar-refractivity contribution in [2.24, 2.45) is 5.73 Å². The third-order valence-electron chi connectivity index (χ3n) is 2.86. The third kappa shape index (κ3) is 5.07. The van der Waals surface area contributed by atoms with Crippen LogP contribution in [-0.4, -0.2) is 23.9 Å². The molecule has 122 valence electrons. The van der Waals surface area contributed by atoms with Crippen molar-refractivity contribution in [3.63, 3.8) is 0 Å². The summed E-state index contributed by atoms with van der Waals surface area (Å²) in [4.78, 5) is 15.0. The molecule has 3 N–H and O–H groups in total. The van der Waals surface area contributed by atoms with Crippen molar-refractivity contribution >= 4 is 23.3 Å². The molecule has 0 aliphatic carbocycles. The van der Waals surface area contributed by atoms with Crippen LogP contribution in [0.1, 0.15) is 15.9 Å². The molecular weight excluding hydrogens is 328 g/mol. The van der Waals surface area contributed by atoms with Crippen LogP contribution in [0.4, 0.5) is 14.6 Å². The van der Waals surface area contributed by atoms with E-state index in [4.69, 9.17) is 22.1 Å². The molecular formula is C15H14ClF2N3O2. The van der Waals surface area contributed by atoms with Crippen LogP contribution in [-0.2, 0) is 6.54 Å². The van der Waals surface area contributed by atoms with Gasteiger partial charge in [0.1, 0.15) is 18.2 Å². The Morgan fingerprint density at radius 1 is 1.39 bits per heavy atom. The Labute approximate surface area is 136 Å². The Morgan fingerprint density at radius 2 is 2.17 bits per heavy atom. The van der Waals surface area contributed by atoms with E-state index in [1.165, 1.54) is 12.3 Å². The van der Waals surface area contributed by atoms with Crippen LogP contribution in [0.25, 0.3) is 0 Å². The summed E-state index contributed by atoms with van der Waals surface area (Å²) in [6, 6.07) is 8.15. The zero-order valence-corrected chi connectivity index (χ0v) is 12.7. The molecule has 0 saturated carbocycles. The molecule has 0 aliphatic heterocycles. The van der Waals surface area contributed by atoms with Crippen molar-refractivity contribution in [1.82, 2.24) is 4.98 Å². The summed E-state index contributed by atoms with van der Waals surface area (Å²) < 4.78 is 29.2. The Morgan fingerprint density at radius 3 is 2.83 bits per heavy atom. The average Bonchev–Trinajstić information content (AvgIpc) is 2.52. The van der Waals surface area contributed by atoms with Crippen LogP contribution >= 0.6 is 11.6 Å². The fraction of sp³-hybridized carbons (Fsp3) is 0.200. The number of aromatic nitrogens is 1. The number of hydrogen-bond acceptors (Lipinski definition) is 4. The van der Waals surface area contributed by atoms with Crippen LogP contribution in [0.15, 0.2) is 36.5 Å². The maximum Gasteiger partial charge on any atom is 0.272 e. The molecule has 0 unspecified atom stereocenters. The zero-order valence-electron chi connectivity index (χ0n) is 11.9. The number of carbonyl (C=O) groups is 1. The molecule has 0 spiro atoms. The SMILES string of the molecule is NC(=O)c1cnc(NCc2cccc(OCC(F)F)c2)c(Cl)c1. The van der Waals surface area contributed by atoms with Gasteiger partial charge in [-0.15, -0.1) is 0 Å². The molecule has 1 aromatic heterocycles. The van der Waals surface area contributed by atoms with E-state index in [2.05, 4.69) is 10.3 Å². The van der Waals surface area contributed by atoms with E-state index in [1.807, 2.05) is 0 Å². The number of carbonyl (C=O) groups excluding carboxylic acids is 1. The molecule has 1 heterocycles. The first-order valence-electron chi connectivity index (χ1n) is 6.65. The molecule has 0 bridgehead atoms. The zero-order chi connectivity index (χ0) is 16.8. The number of nitrogens with two attached hydrogens (primary N) is 1. The van der Waals surface area contributed by atoms with E-state index >= 15 is 0 Å². The van der Waals surface area contributed by atoms with Crippen LogP contribution in [0, 0.1) is 0 Å². The van der Waals surface area contributed by atoms with Gasteiger partial charge in [-0.25, -0.2) is 13.8 Å². The van der Waals surface area contributed by atoms with E-state index in [9.17, 15) is 13.6 Å². The first kappa shape index (κ1) is 17.0. The molecule has 0 radical (unpaired) electrons. The lowest BCUT2D eigenvalue weighted by atomic mass is 10.2. The van der Waals surface area contributed by atoms with Gasteiger partial charge < -0.3 is 15.8 Å². The summed E-state index contributed by atoms with van der Waals surface area (Å²) in [5, 5.41) is 3.24. The number of nitrogens with one attached hydrogen (secondary N) is 1. The topological polar surface area (TPSA) is 77.2 Å². The van der Waals surface area contributed by atoms with Crippen LogP contribution in [0.5, 0.6) is 5.75 Å². The predicted octanol–water partition coefficient (Wildman–Crippen LogP) is 3.09. The second-order valence-electron chi connectivity index (χ2n) is 4.62.